The van der Waals surface area contributed by atoms with E-state index >= 15 is 0 Å². The van der Waals surface area contributed by atoms with Crippen LogP contribution in [0.4, 0.5) is 0 Å². The number of quaternary nitrogens is 1. The predicted octanol–water partition coefficient (Wildman–Crippen LogP) is 22.1. The molecule has 0 bridgehead atoms. The molecular weight excluding hydrogens is 996 g/mol. The van der Waals surface area contributed by atoms with E-state index in [1.54, 1.807) is 6.08 Å². The third kappa shape index (κ3) is 64.1. The van der Waals surface area contributed by atoms with Gasteiger partial charge in [0.2, 0.25) is 5.91 Å². The number of allylic oxidation sites excluding steroid dienone is 5. The van der Waals surface area contributed by atoms with E-state index in [1.165, 1.54) is 295 Å². The van der Waals surface area contributed by atoms with E-state index in [0.717, 1.165) is 38.5 Å². The van der Waals surface area contributed by atoms with Crippen LogP contribution < -0.4 is 5.32 Å². The summed E-state index contributed by atoms with van der Waals surface area (Å²) in [6.07, 6.45) is 81.6. The van der Waals surface area contributed by atoms with Crippen LogP contribution in [0.1, 0.15) is 354 Å². The number of amides is 1. The van der Waals surface area contributed by atoms with E-state index in [1.807, 2.05) is 27.2 Å². The van der Waals surface area contributed by atoms with Gasteiger partial charge in [-0.2, -0.15) is 0 Å². The number of hydrogen-bond acceptors (Lipinski definition) is 5. The van der Waals surface area contributed by atoms with Crippen molar-refractivity contribution in [2.45, 2.75) is 366 Å². The number of likely N-dealkylation sites (N-methyl/N-ethyl adjacent to an activating group) is 1. The molecule has 79 heavy (non-hydrogen) atoms. The number of rotatable bonds is 65. The van der Waals surface area contributed by atoms with Gasteiger partial charge in [-0.25, -0.2) is 4.57 Å². The lowest BCUT2D eigenvalue weighted by molar-refractivity contribution is -0.870. The smallest absolute Gasteiger partial charge is 0.387 e. The molecule has 0 fully saturated rings. The zero-order valence-corrected chi connectivity index (χ0v) is 54.5. The molecule has 9 heteroatoms. The Labute approximate surface area is 493 Å². The molecule has 0 heterocycles. The Kier molecular flexibility index (Phi) is 60.3. The molecular formula is C70H138N2O6P+. The summed E-state index contributed by atoms with van der Waals surface area (Å²) in [7, 11) is 1.57. The lowest BCUT2D eigenvalue weighted by atomic mass is 10.0. The summed E-state index contributed by atoms with van der Waals surface area (Å²) in [4.78, 5) is 23.4. The van der Waals surface area contributed by atoms with Crippen molar-refractivity contribution < 1.29 is 32.9 Å². The summed E-state index contributed by atoms with van der Waals surface area (Å²) in [6, 6.07) is -0.863. The van der Waals surface area contributed by atoms with Gasteiger partial charge in [-0.15, -0.1) is 0 Å². The monoisotopic (exact) mass is 1130 g/mol. The van der Waals surface area contributed by atoms with Gasteiger partial charge in [0.25, 0.3) is 0 Å². The molecule has 0 saturated carbocycles. The first-order chi connectivity index (χ1) is 38.5. The zero-order valence-electron chi connectivity index (χ0n) is 53.6. The number of unbranched alkanes of at least 4 members (excludes halogenated alkanes) is 48. The summed E-state index contributed by atoms with van der Waals surface area (Å²) in [6.45, 7) is 4.85. The van der Waals surface area contributed by atoms with Crippen molar-refractivity contribution in [3.05, 3.63) is 36.5 Å². The van der Waals surface area contributed by atoms with Crippen LogP contribution in [-0.2, 0) is 18.4 Å². The topological polar surface area (TPSA) is 105 Å². The average Bonchev–Trinajstić information content (AvgIpc) is 3.42. The van der Waals surface area contributed by atoms with Crippen molar-refractivity contribution in [2.75, 3.05) is 40.9 Å². The summed E-state index contributed by atoms with van der Waals surface area (Å²) < 4.78 is 23.8. The van der Waals surface area contributed by atoms with Crippen LogP contribution in [-0.4, -0.2) is 73.4 Å². The van der Waals surface area contributed by atoms with Gasteiger partial charge in [0.05, 0.1) is 39.9 Å². The van der Waals surface area contributed by atoms with Crippen molar-refractivity contribution >= 4 is 13.7 Å². The number of aliphatic hydroxyl groups excluding tert-OH is 1. The predicted molar refractivity (Wildman–Crippen MR) is 346 cm³/mol. The maximum atomic E-state index is 13.0. The highest BCUT2D eigenvalue weighted by Crippen LogP contribution is 2.43. The minimum atomic E-state index is -4.36. The molecule has 8 nitrogen and oxygen atoms in total. The number of nitrogens with one attached hydrogen (secondary N) is 1. The maximum absolute atomic E-state index is 13.0. The van der Waals surface area contributed by atoms with Gasteiger partial charge >= 0.3 is 7.82 Å². The van der Waals surface area contributed by atoms with Crippen molar-refractivity contribution in [3.63, 3.8) is 0 Å². The number of aliphatic hydroxyl groups is 1. The first-order valence-electron chi connectivity index (χ1n) is 34.9. The van der Waals surface area contributed by atoms with Crippen LogP contribution in [0.25, 0.3) is 0 Å². The molecule has 0 aromatic rings. The lowest BCUT2D eigenvalue weighted by Crippen LogP contribution is -2.45. The van der Waals surface area contributed by atoms with E-state index in [-0.39, 0.29) is 19.1 Å². The van der Waals surface area contributed by atoms with Crippen LogP contribution in [0, 0.1) is 0 Å². The number of hydrogen-bond donors (Lipinski definition) is 3. The summed E-state index contributed by atoms with van der Waals surface area (Å²) in [5, 5.41) is 14.0. The van der Waals surface area contributed by atoms with Crippen LogP contribution in [0.5, 0.6) is 0 Å². The van der Waals surface area contributed by atoms with Crippen molar-refractivity contribution in [3.8, 4) is 0 Å². The Morgan fingerprint density at radius 2 is 0.696 bits per heavy atom. The fraction of sp³-hybridized carbons (Fsp3) is 0.900. The number of carbonyl (C=O) groups is 1. The van der Waals surface area contributed by atoms with Crippen LogP contribution in [0.3, 0.4) is 0 Å². The second-order valence-corrected chi connectivity index (χ2v) is 26.7. The SMILES string of the molecule is CCCCCCCCCC/C=C\CCCCCCCCCCCCCCCCCCCCCCCCCC(=O)NC(COP(=O)(O)OCC[N+](C)(C)C)C(O)/C=C/CC/C=C/CCCCCCCCCCCCCCCCCC. The normalized spacial score (nSPS) is 13.9. The molecule has 0 radical (unpaired) electrons. The fourth-order valence-electron chi connectivity index (χ4n) is 10.6. The minimum Gasteiger partial charge on any atom is -0.387 e. The van der Waals surface area contributed by atoms with Crippen molar-refractivity contribution in [1.29, 1.82) is 0 Å². The maximum Gasteiger partial charge on any atom is 0.472 e. The molecule has 0 rings (SSSR count). The minimum absolute atomic E-state index is 0.0582. The molecule has 0 aromatic heterocycles. The number of carbonyl (C=O) groups excluding carboxylic acids is 1. The van der Waals surface area contributed by atoms with Crippen LogP contribution in [0.2, 0.25) is 0 Å². The highest BCUT2D eigenvalue weighted by Gasteiger charge is 2.28. The van der Waals surface area contributed by atoms with Gasteiger partial charge in [-0.1, -0.05) is 326 Å². The van der Waals surface area contributed by atoms with E-state index in [4.69, 9.17) is 9.05 Å². The highest BCUT2D eigenvalue weighted by atomic mass is 31.2. The van der Waals surface area contributed by atoms with Gasteiger partial charge in [0.15, 0.2) is 0 Å². The third-order valence-corrected chi connectivity index (χ3v) is 17.1. The molecule has 0 spiro atoms. The zero-order chi connectivity index (χ0) is 57.7. The van der Waals surface area contributed by atoms with Crippen molar-refractivity contribution in [2.24, 2.45) is 0 Å². The molecule has 3 unspecified atom stereocenters. The van der Waals surface area contributed by atoms with Gasteiger partial charge in [0, 0.05) is 6.42 Å². The molecule has 0 aliphatic carbocycles. The molecule has 3 atom stereocenters. The summed E-state index contributed by atoms with van der Waals surface area (Å²) in [5.41, 5.74) is 0. The molecule has 3 N–H and O–H groups in total. The van der Waals surface area contributed by atoms with E-state index in [2.05, 4.69) is 43.5 Å². The molecule has 0 saturated heterocycles. The molecule has 0 aliphatic rings. The molecule has 1 amide bonds. The lowest BCUT2D eigenvalue weighted by Gasteiger charge is -2.25. The Bertz CT molecular complexity index is 1380. The second kappa shape index (κ2) is 61.3. The van der Waals surface area contributed by atoms with Gasteiger partial charge in [-0.3, -0.25) is 13.8 Å². The summed E-state index contributed by atoms with van der Waals surface area (Å²) >= 11 is 0. The van der Waals surface area contributed by atoms with Crippen LogP contribution >= 0.6 is 7.82 Å². The van der Waals surface area contributed by atoms with Gasteiger partial charge in [-0.05, 0) is 57.8 Å². The average molecular weight is 1130 g/mol. The fourth-order valence-corrected chi connectivity index (χ4v) is 11.4. The molecule has 468 valence electrons. The largest absolute Gasteiger partial charge is 0.472 e. The van der Waals surface area contributed by atoms with Gasteiger partial charge in [0.1, 0.15) is 13.2 Å². The number of phosphoric acid groups is 1. The first kappa shape index (κ1) is 77.7. The molecule has 0 aliphatic heterocycles. The quantitative estimate of drug-likeness (QED) is 0.0243. The third-order valence-electron chi connectivity index (χ3n) is 16.1. The Hall–Kier alpha value is -1.28. The van der Waals surface area contributed by atoms with Gasteiger partial charge < -0.3 is 19.8 Å². The van der Waals surface area contributed by atoms with E-state index in [0.29, 0.717) is 17.4 Å². The summed E-state index contributed by atoms with van der Waals surface area (Å²) in [5.74, 6) is -0.179. The Balaban J connectivity index is 4.01. The standard InChI is InChI=1S/C70H137N2O6P/c1-6-8-10-12-14-16-18-20-22-24-26-28-30-31-32-33-34-35-36-37-38-39-40-41-42-44-46-48-50-52-54-56-58-60-62-64-70(74)71-68(67-78-79(75,76)77-66-65-72(3,4)5)69(73)63-61-59-57-55-53-51-49-47-45-43-29-27-25-23-21-19-17-15-13-11-9-7-2/h24,26,53,55,61,63,68-69,73H,6-23,25,27-52,54,56-60,62,64-67H2,1-5H3,(H-,71,74,75,76)/p+1/b26-24-,55-53+,63-61+. The highest BCUT2D eigenvalue weighted by molar-refractivity contribution is 7.47. The number of nitrogens with zero attached hydrogens (tertiary/aromatic N) is 1. The van der Waals surface area contributed by atoms with Crippen molar-refractivity contribution in [1.82, 2.24) is 5.32 Å². The Morgan fingerprint density at radius 3 is 1.01 bits per heavy atom. The number of phosphoric ester groups is 1. The van der Waals surface area contributed by atoms with E-state index in [9.17, 15) is 19.4 Å². The van der Waals surface area contributed by atoms with E-state index < -0.39 is 20.0 Å². The Morgan fingerprint density at radius 1 is 0.418 bits per heavy atom. The first-order valence-corrected chi connectivity index (χ1v) is 36.4. The van der Waals surface area contributed by atoms with Crippen LogP contribution in [0.15, 0.2) is 36.5 Å². The second-order valence-electron chi connectivity index (χ2n) is 25.3. The molecule has 0 aromatic carbocycles.